The number of carbonyl (C=O) groups excluding carboxylic acids is 1. The van der Waals surface area contributed by atoms with Gasteiger partial charge in [-0.05, 0) is 37.3 Å². The Morgan fingerprint density at radius 2 is 2.00 bits per heavy atom. The van der Waals surface area contributed by atoms with Crippen molar-refractivity contribution in [1.82, 2.24) is 14.5 Å². The van der Waals surface area contributed by atoms with Gasteiger partial charge in [-0.3, -0.25) is 9.78 Å². The summed E-state index contributed by atoms with van der Waals surface area (Å²) in [5.74, 6) is 1.61. The first-order valence-electron chi connectivity index (χ1n) is 8.02. The topological polar surface area (TPSA) is 47.8 Å². The van der Waals surface area contributed by atoms with Crippen LogP contribution in [0.2, 0.25) is 0 Å². The summed E-state index contributed by atoms with van der Waals surface area (Å²) in [7, 11) is 2.02. The molecular formula is C19H19N3O. The van der Waals surface area contributed by atoms with Crippen LogP contribution >= 0.6 is 0 Å². The van der Waals surface area contributed by atoms with Crippen LogP contribution in [0.1, 0.15) is 24.4 Å². The molecular weight excluding hydrogens is 286 g/mol. The van der Waals surface area contributed by atoms with Crippen LogP contribution in [-0.4, -0.2) is 20.3 Å². The average Bonchev–Trinajstić information content (AvgIpc) is 3.34. The number of ketones is 1. The molecule has 0 atom stereocenters. The van der Waals surface area contributed by atoms with E-state index in [2.05, 4.69) is 32.7 Å². The summed E-state index contributed by atoms with van der Waals surface area (Å²) in [4.78, 5) is 20.8. The third kappa shape index (κ3) is 2.65. The predicted molar refractivity (Wildman–Crippen MR) is 90.1 cm³/mol. The Labute approximate surface area is 135 Å². The number of pyridine rings is 1. The Hall–Kier alpha value is -2.49. The normalized spacial score (nSPS) is 14.3. The quantitative estimate of drug-likeness (QED) is 0.741. The van der Waals surface area contributed by atoms with Crippen LogP contribution in [0.5, 0.6) is 0 Å². The summed E-state index contributed by atoms with van der Waals surface area (Å²) in [6, 6.07) is 8.36. The van der Waals surface area contributed by atoms with E-state index >= 15 is 0 Å². The Morgan fingerprint density at radius 3 is 2.70 bits per heavy atom. The molecule has 4 heteroatoms. The molecule has 116 valence electrons. The molecule has 1 aliphatic rings. The summed E-state index contributed by atoms with van der Waals surface area (Å²) in [5.41, 5.74) is 3.09. The molecule has 23 heavy (non-hydrogen) atoms. The Balaban J connectivity index is 1.71. The van der Waals surface area contributed by atoms with E-state index in [4.69, 9.17) is 0 Å². The van der Waals surface area contributed by atoms with Crippen molar-refractivity contribution in [3.63, 3.8) is 0 Å². The van der Waals surface area contributed by atoms with Crippen molar-refractivity contribution in [1.29, 1.82) is 0 Å². The number of rotatable bonds is 4. The third-order valence-electron chi connectivity index (χ3n) is 4.68. The highest BCUT2D eigenvalue weighted by molar-refractivity contribution is 5.89. The maximum absolute atomic E-state index is 12.0. The third-order valence-corrected chi connectivity index (χ3v) is 4.68. The fourth-order valence-corrected chi connectivity index (χ4v) is 2.94. The van der Waals surface area contributed by atoms with Gasteiger partial charge in [0.25, 0.3) is 0 Å². The summed E-state index contributed by atoms with van der Waals surface area (Å²) in [6.45, 7) is 2.00. The van der Waals surface area contributed by atoms with Gasteiger partial charge in [-0.25, -0.2) is 4.98 Å². The molecule has 0 amide bonds. The van der Waals surface area contributed by atoms with Crippen LogP contribution in [0, 0.1) is 12.8 Å². The first-order valence-corrected chi connectivity index (χ1v) is 8.02. The van der Waals surface area contributed by atoms with E-state index < -0.39 is 0 Å². The van der Waals surface area contributed by atoms with Gasteiger partial charge in [-0.15, -0.1) is 0 Å². The zero-order chi connectivity index (χ0) is 16.0. The molecule has 0 bridgehead atoms. The number of hydrogen-bond acceptors (Lipinski definition) is 3. The summed E-state index contributed by atoms with van der Waals surface area (Å²) < 4.78 is 2.08. The zero-order valence-electron chi connectivity index (χ0n) is 13.4. The molecule has 4 rings (SSSR count). The average molecular weight is 305 g/mol. The van der Waals surface area contributed by atoms with Crippen LogP contribution < -0.4 is 0 Å². The van der Waals surface area contributed by atoms with Crippen molar-refractivity contribution in [2.75, 3.05) is 0 Å². The van der Waals surface area contributed by atoms with Gasteiger partial charge in [0.1, 0.15) is 11.6 Å². The maximum atomic E-state index is 12.0. The SMILES string of the molecule is Cc1ncc(-c2ccc3cnc(CC(=O)C4CC4)cc3c2)n1C. The molecule has 1 saturated carbocycles. The van der Waals surface area contributed by atoms with Crippen molar-refractivity contribution < 1.29 is 4.79 Å². The van der Waals surface area contributed by atoms with Crippen molar-refractivity contribution >= 4 is 16.6 Å². The number of Topliss-reactive ketones (excluding diaryl/α,β-unsaturated/α-hetero) is 1. The van der Waals surface area contributed by atoms with Crippen molar-refractivity contribution in [3.05, 3.63) is 48.2 Å². The minimum absolute atomic E-state index is 0.288. The summed E-state index contributed by atoms with van der Waals surface area (Å²) >= 11 is 0. The molecule has 1 aliphatic carbocycles. The fourth-order valence-electron chi connectivity index (χ4n) is 2.94. The van der Waals surface area contributed by atoms with E-state index in [1.165, 1.54) is 0 Å². The van der Waals surface area contributed by atoms with Gasteiger partial charge >= 0.3 is 0 Å². The lowest BCUT2D eigenvalue weighted by Crippen LogP contribution is -2.06. The molecule has 2 heterocycles. The highest BCUT2D eigenvalue weighted by Gasteiger charge is 2.29. The van der Waals surface area contributed by atoms with Crippen LogP contribution in [0.3, 0.4) is 0 Å². The Morgan fingerprint density at radius 1 is 1.17 bits per heavy atom. The molecule has 1 fully saturated rings. The lowest BCUT2D eigenvalue weighted by Gasteiger charge is -2.07. The van der Waals surface area contributed by atoms with E-state index in [-0.39, 0.29) is 5.92 Å². The molecule has 4 nitrogen and oxygen atoms in total. The maximum Gasteiger partial charge on any atom is 0.141 e. The Kier molecular flexibility index (Phi) is 3.26. The monoisotopic (exact) mass is 305 g/mol. The van der Waals surface area contributed by atoms with E-state index in [0.29, 0.717) is 12.2 Å². The number of imidazole rings is 1. The van der Waals surface area contributed by atoms with Gasteiger partial charge in [0.05, 0.1) is 11.9 Å². The molecule has 0 unspecified atom stereocenters. The molecule has 1 aromatic carbocycles. The molecule has 0 spiro atoms. The minimum atomic E-state index is 0.288. The van der Waals surface area contributed by atoms with E-state index in [9.17, 15) is 4.79 Å². The molecule has 3 aromatic rings. The van der Waals surface area contributed by atoms with Crippen molar-refractivity contribution in [3.8, 4) is 11.3 Å². The van der Waals surface area contributed by atoms with E-state index in [0.717, 1.165) is 46.4 Å². The molecule has 0 N–H and O–H groups in total. The predicted octanol–water partition coefficient (Wildman–Crippen LogP) is 3.47. The lowest BCUT2D eigenvalue weighted by atomic mass is 10.0. The van der Waals surface area contributed by atoms with Crippen molar-refractivity contribution in [2.45, 2.75) is 26.2 Å². The standard InChI is InChI=1S/C19H19N3O/c1-12-20-11-18(22(12)2)14-5-6-15-10-21-17(8-16(15)7-14)9-19(23)13-3-4-13/h5-8,10-11,13H,3-4,9H2,1-2H3. The highest BCUT2D eigenvalue weighted by Crippen LogP contribution is 2.31. The summed E-state index contributed by atoms with van der Waals surface area (Å²) in [5, 5.41) is 2.21. The van der Waals surface area contributed by atoms with E-state index in [1.54, 1.807) is 0 Å². The van der Waals surface area contributed by atoms with E-state index in [1.807, 2.05) is 32.4 Å². The van der Waals surface area contributed by atoms with Crippen LogP contribution in [0.4, 0.5) is 0 Å². The molecule has 2 aromatic heterocycles. The number of carbonyl (C=O) groups is 1. The number of fused-ring (bicyclic) bond motifs is 1. The van der Waals surface area contributed by atoms with Gasteiger partial charge in [-0.1, -0.05) is 12.1 Å². The second kappa shape index (κ2) is 5.30. The second-order valence-electron chi connectivity index (χ2n) is 6.40. The Bertz CT molecular complexity index is 906. The molecule has 0 saturated heterocycles. The van der Waals surface area contributed by atoms with Gasteiger partial charge < -0.3 is 4.57 Å². The molecule has 0 aliphatic heterocycles. The van der Waals surface area contributed by atoms with Gasteiger partial charge in [-0.2, -0.15) is 0 Å². The number of aromatic nitrogens is 3. The zero-order valence-corrected chi connectivity index (χ0v) is 13.4. The fraction of sp³-hybridized carbons (Fsp3) is 0.316. The summed E-state index contributed by atoms with van der Waals surface area (Å²) in [6.07, 6.45) is 6.32. The minimum Gasteiger partial charge on any atom is -0.331 e. The smallest absolute Gasteiger partial charge is 0.141 e. The first kappa shape index (κ1) is 14.1. The van der Waals surface area contributed by atoms with Gasteiger partial charge in [0, 0.05) is 42.2 Å². The number of hydrogen-bond donors (Lipinski definition) is 0. The van der Waals surface area contributed by atoms with Crippen molar-refractivity contribution in [2.24, 2.45) is 13.0 Å². The number of nitrogens with zero attached hydrogens (tertiary/aromatic N) is 3. The van der Waals surface area contributed by atoms with Crippen LogP contribution in [0.15, 0.2) is 36.7 Å². The van der Waals surface area contributed by atoms with Gasteiger partial charge in [0.2, 0.25) is 0 Å². The second-order valence-corrected chi connectivity index (χ2v) is 6.40. The highest BCUT2D eigenvalue weighted by atomic mass is 16.1. The lowest BCUT2D eigenvalue weighted by molar-refractivity contribution is -0.119. The van der Waals surface area contributed by atoms with Crippen LogP contribution in [0.25, 0.3) is 22.0 Å². The first-order chi connectivity index (χ1) is 11.1. The number of aryl methyl sites for hydroxylation is 1. The number of benzene rings is 1. The van der Waals surface area contributed by atoms with Gasteiger partial charge in [0.15, 0.2) is 0 Å². The van der Waals surface area contributed by atoms with Crippen LogP contribution in [-0.2, 0) is 18.3 Å². The molecule has 0 radical (unpaired) electrons. The largest absolute Gasteiger partial charge is 0.331 e.